The number of hydrogen-bond acceptors (Lipinski definition) is 5. The van der Waals surface area contributed by atoms with Crippen LogP contribution >= 0.6 is 11.6 Å². The standard InChI is InChI=1S/C21H22ClN3O3/c1-13(27)21(2,3)12-28-16-7-4-14(5-8-16)17-9-6-15(10-23-17)20-24-18(11-26)19(22)25-20/h4-10,26H,11-12H2,1-3H3,(H,24,25). The summed E-state index contributed by atoms with van der Waals surface area (Å²) in [7, 11) is 0. The average Bonchev–Trinajstić information content (AvgIpc) is 3.07. The summed E-state index contributed by atoms with van der Waals surface area (Å²) in [5, 5.41) is 9.46. The largest absolute Gasteiger partial charge is 0.493 e. The molecule has 0 radical (unpaired) electrons. The second-order valence-corrected chi connectivity index (χ2v) is 7.56. The Hall–Kier alpha value is -2.70. The van der Waals surface area contributed by atoms with E-state index in [1.807, 2.05) is 50.2 Å². The van der Waals surface area contributed by atoms with Crippen LogP contribution in [0.2, 0.25) is 5.15 Å². The van der Waals surface area contributed by atoms with Crippen LogP contribution in [0.3, 0.4) is 0 Å². The summed E-state index contributed by atoms with van der Waals surface area (Å²) in [5.74, 6) is 1.36. The van der Waals surface area contributed by atoms with Crippen molar-refractivity contribution in [3.8, 4) is 28.4 Å². The fraction of sp³-hybridized carbons (Fsp3) is 0.286. The van der Waals surface area contributed by atoms with Crippen LogP contribution in [0.15, 0.2) is 42.6 Å². The van der Waals surface area contributed by atoms with Crippen molar-refractivity contribution in [2.45, 2.75) is 27.4 Å². The lowest BCUT2D eigenvalue weighted by Crippen LogP contribution is -2.28. The highest BCUT2D eigenvalue weighted by Gasteiger charge is 2.24. The number of imidazole rings is 1. The van der Waals surface area contributed by atoms with Gasteiger partial charge in [-0.25, -0.2) is 4.98 Å². The Bertz CT molecular complexity index is 964. The topological polar surface area (TPSA) is 88.1 Å². The van der Waals surface area contributed by atoms with Crippen molar-refractivity contribution >= 4 is 17.4 Å². The number of benzene rings is 1. The maximum Gasteiger partial charge on any atom is 0.153 e. The number of aromatic nitrogens is 3. The zero-order chi connectivity index (χ0) is 20.3. The number of Topliss-reactive ketones (excluding diaryl/α,β-unsaturated/α-hetero) is 1. The highest BCUT2D eigenvalue weighted by atomic mass is 35.5. The van der Waals surface area contributed by atoms with Gasteiger partial charge in [0, 0.05) is 17.3 Å². The van der Waals surface area contributed by atoms with Gasteiger partial charge in [0.2, 0.25) is 0 Å². The van der Waals surface area contributed by atoms with E-state index in [0.29, 0.717) is 23.9 Å². The van der Waals surface area contributed by atoms with Crippen LogP contribution in [0.25, 0.3) is 22.6 Å². The molecule has 6 nitrogen and oxygen atoms in total. The minimum Gasteiger partial charge on any atom is -0.493 e. The van der Waals surface area contributed by atoms with Crippen molar-refractivity contribution in [1.29, 1.82) is 0 Å². The van der Waals surface area contributed by atoms with Gasteiger partial charge in [-0.1, -0.05) is 11.6 Å². The number of aliphatic hydroxyl groups is 1. The molecule has 2 aromatic heterocycles. The van der Waals surface area contributed by atoms with Crippen LogP contribution in [0, 0.1) is 5.41 Å². The Morgan fingerprint density at radius 1 is 1.18 bits per heavy atom. The molecule has 0 aliphatic heterocycles. The molecule has 0 amide bonds. The molecule has 146 valence electrons. The van der Waals surface area contributed by atoms with Crippen molar-refractivity contribution in [3.05, 3.63) is 53.4 Å². The van der Waals surface area contributed by atoms with Gasteiger partial charge in [0.25, 0.3) is 0 Å². The van der Waals surface area contributed by atoms with Crippen LogP contribution in [-0.4, -0.2) is 32.4 Å². The molecule has 28 heavy (non-hydrogen) atoms. The lowest BCUT2D eigenvalue weighted by atomic mass is 9.90. The SMILES string of the molecule is CC(=O)C(C)(C)COc1ccc(-c2ccc(-c3nc(Cl)c(CO)[nH]3)cn2)cc1. The summed E-state index contributed by atoms with van der Waals surface area (Å²) in [6.45, 7) is 5.43. The molecule has 0 saturated carbocycles. The first kappa shape index (κ1) is 20.0. The summed E-state index contributed by atoms with van der Waals surface area (Å²) >= 11 is 5.95. The number of H-pyrrole nitrogens is 1. The lowest BCUT2D eigenvalue weighted by Gasteiger charge is -2.21. The Kier molecular flexibility index (Phi) is 5.82. The second-order valence-electron chi connectivity index (χ2n) is 7.20. The summed E-state index contributed by atoms with van der Waals surface area (Å²) in [6.07, 6.45) is 1.70. The molecule has 0 atom stereocenters. The molecule has 7 heteroatoms. The van der Waals surface area contributed by atoms with E-state index in [2.05, 4.69) is 15.0 Å². The molecular formula is C21H22ClN3O3. The van der Waals surface area contributed by atoms with Crippen LogP contribution in [0.5, 0.6) is 5.75 Å². The molecule has 0 fully saturated rings. The first-order chi connectivity index (χ1) is 13.3. The second kappa shape index (κ2) is 8.12. The van der Waals surface area contributed by atoms with E-state index in [1.165, 1.54) is 0 Å². The zero-order valence-electron chi connectivity index (χ0n) is 16.0. The Morgan fingerprint density at radius 2 is 1.86 bits per heavy atom. The molecule has 0 spiro atoms. The van der Waals surface area contributed by atoms with E-state index in [0.717, 1.165) is 16.8 Å². The number of rotatable bonds is 7. The molecule has 0 bridgehead atoms. The number of ketones is 1. The summed E-state index contributed by atoms with van der Waals surface area (Å²) in [5.41, 5.74) is 2.49. The number of hydrogen-bond donors (Lipinski definition) is 2. The highest BCUT2D eigenvalue weighted by Crippen LogP contribution is 2.26. The summed E-state index contributed by atoms with van der Waals surface area (Å²) < 4.78 is 5.74. The molecule has 0 saturated heterocycles. The molecule has 2 N–H and O–H groups in total. The van der Waals surface area contributed by atoms with Crippen LogP contribution in [-0.2, 0) is 11.4 Å². The van der Waals surface area contributed by atoms with Crippen LogP contribution in [0.1, 0.15) is 26.5 Å². The van der Waals surface area contributed by atoms with Gasteiger partial charge in [-0.05, 0) is 57.2 Å². The minimum absolute atomic E-state index is 0.0948. The smallest absolute Gasteiger partial charge is 0.153 e. The molecule has 3 aromatic rings. The molecule has 1 aromatic carbocycles. The molecular weight excluding hydrogens is 378 g/mol. The molecule has 0 aliphatic rings. The maximum absolute atomic E-state index is 11.6. The number of ether oxygens (including phenoxy) is 1. The number of halogens is 1. The van der Waals surface area contributed by atoms with E-state index >= 15 is 0 Å². The van der Waals surface area contributed by atoms with Crippen molar-refractivity contribution in [1.82, 2.24) is 15.0 Å². The quantitative estimate of drug-likeness (QED) is 0.619. The number of pyridine rings is 1. The predicted molar refractivity (Wildman–Crippen MR) is 108 cm³/mol. The van der Waals surface area contributed by atoms with Gasteiger partial charge in [0.15, 0.2) is 5.15 Å². The van der Waals surface area contributed by atoms with Gasteiger partial charge < -0.3 is 14.8 Å². The third-order valence-electron chi connectivity index (χ3n) is 4.63. The van der Waals surface area contributed by atoms with Crippen molar-refractivity contribution in [2.24, 2.45) is 5.41 Å². The van der Waals surface area contributed by atoms with Gasteiger partial charge in [0.1, 0.15) is 24.0 Å². The first-order valence-corrected chi connectivity index (χ1v) is 9.24. The molecule has 2 heterocycles. The van der Waals surface area contributed by atoms with Crippen molar-refractivity contribution in [3.63, 3.8) is 0 Å². The van der Waals surface area contributed by atoms with Crippen LogP contribution in [0.4, 0.5) is 0 Å². The van der Waals surface area contributed by atoms with E-state index in [9.17, 15) is 9.90 Å². The Labute approximate surface area is 168 Å². The number of carbonyl (C=O) groups excluding carboxylic acids is 1. The normalized spacial score (nSPS) is 11.5. The fourth-order valence-corrected chi connectivity index (χ4v) is 2.61. The fourth-order valence-electron chi connectivity index (χ4n) is 2.42. The number of carbonyl (C=O) groups is 1. The third-order valence-corrected chi connectivity index (χ3v) is 4.94. The van der Waals surface area contributed by atoms with Gasteiger partial charge in [0.05, 0.1) is 23.4 Å². The van der Waals surface area contributed by atoms with E-state index in [4.69, 9.17) is 16.3 Å². The predicted octanol–water partition coefficient (Wildman–Crippen LogP) is 4.28. The van der Waals surface area contributed by atoms with Gasteiger partial charge in [-0.2, -0.15) is 0 Å². The van der Waals surface area contributed by atoms with Gasteiger partial charge >= 0.3 is 0 Å². The van der Waals surface area contributed by atoms with E-state index < -0.39 is 5.41 Å². The summed E-state index contributed by atoms with van der Waals surface area (Å²) in [6, 6.07) is 11.3. The van der Waals surface area contributed by atoms with Crippen molar-refractivity contribution in [2.75, 3.05) is 6.61 Å². The first-order valence-electron chi connectivity index (χ1n) is 8.86. The van der Waals surface area contributed by atoms with Crippen LogP contribution < -0.4 is 4.74 Å². The lowest BCUT2D eigenvalue weighted by molar-refractivity contribution is -0.126. The van der Waals surface area contributed by atoms with Gasteiger partial charge in [-0.3, -0.25) is 9.78 Å². The Morgan fingerprint density at radius 3 is 2.39 bits per heavy atom. The number of nitrogens with zero attached hydrogens (tertiary/aromatic N) is 2. The van der Waals surface area contributed by atoms with Gasteiger partial charge in [-0.15, -0.1) is 0 Å². The van der Waals surface area contributed by atoms with E-state index in [-0.39, 0.29) is 17.5 Å². The summed E-state index contributed by atoms with van der Waals surface area (Å²) in [4.78, 5) is 23.2. The maximum atomic E-state index is 11.6. The van der Waals surface area contributed by atoms with E-state index in [1.54, 1.807) is 13.1 Å². The van der Waals surface area contributed by atoms with Crippen molar-refractivity contribution < 1.29 is 14.6 Å². The zero-order valence-corrected chi connectivity index (χ0v) is 16.7. The number of aliphatic hydroxyl groups excluding tert-OH is 1. The monoisotopic (exact) mass is 399 g/mol. The molecule has 0 unspecified atom stereocenters. The molecule has 0 aliphatic carbocycles. The Balaban J connectivity index is 1.71. The number of nitrogens with one attached hydrogen (secondary N) is 1. The molecule has 3 rings (SSSR count). The minimum atomic E-state index is -0.513. The highest BCUT2D eigenvalue weighted by molar-refractivity contribution is 6.30. The number of aromatic amines is 1. The third kappa shape index (κ3) is 4.40. The average molecular weight is 400 g/mol.